The van der Waals surface area contributed by atoms with Crippen LogP contribution in [-0.4, -0.2) is 58.7 Å². The van der Waals surface area contributed by atoms with Gasteiger partial charge in [0, 0.05) is 6.42 Å². The number of hydrogen-bond acceptors (Lipinski definition) is 6. The summed E-state index contributed by atoms with van der Waals surface area (Å²) in [6, 6.07) is 0. The van der Waals surface area contributed by atoms with Crippen LogP contribution in [0, 0.1) is 5.41 Å². The van der Waals surface area contributed by atoms with E-state index in [9.17, 15) is 50.6 Å². The van der Waals surface area contributed by atoms with Crippen LogP contribution in [0.1, 0.15) is 52.4 Å². The summed E-state index contributed by atoms with van der Waals surface area (Å²) in [7, 11) is 0. The SMILES string of the molecule is CC(OC(=O)C(F)(F)F)C(CCCCCCC(=O)O)(C(=O)O)C(C)OC(=O)C(F)(F)F. The second kappa shape index (κ2) is 11.2. The molecule has 2 N–H and O–H groups in total. The summed E-state index contributed by atoms with van der Waals surface area (Å²) in [5.74, 6) is -8.55. The standard InChI is InChI=1S/C17H22F6O8/c1-9(30-13(28)16(18,19)20)15(12(26)27,8-6-4-3-5-7-11(24)25)10(2)31-14(29)17(21,22)23/h9-10H,3-8H2,1-2H3,(H,24,25)(H,26,27). The highest BCUT2D eigenvalue weighted by Gasteiger charge is 2.55. The van der Waals surface area contributed by atoms with E-state index in [2.05, 4.69) is 9.47 Å². The van der Waals surface area contributed by atoms with E-state index in [4.69, 9.17) is 5.11 Å². The van der Waals surface area contributed by atoms with E-state index in [1.54, 1.807) is 0 Å². The molecule has 0 aromatic heterocycles. The molecule has 180 valence electrons. The van der Waals surface area contributed by atoms with Crippen LogP contribution < -0.4 is 0 Å². The van der Waals surface area contributed by atoms with Crippen molar-refractivity contribution in [3.8, 4) is 0 Å². The Morgan fingerprint density at radius 3 is 1.45 bits per heavy atom. The van der Waals surface area contributed by atoms with Gasteiger partial charge < -0.3 is 19.7 Å². The highest BCUT2D eigenvalue weighted by molar-refractivity contribution is 5.80. The fourth-order valence-electron chi connectivity index (χ4n) is 2.90. The lowest BCUT2D eigenvalue weighted by molar-refractivity contribution is -0.226. The molecule has 0 amide bonds. The van der Waals surface area contributed by atoms with Gasteiger partial charge in [0.15, 0.2) is 0 Å². The topological polar surface area (TPSA) is 127 Å². The number of aliphatic carboxylic acids is 2. The minimum atomic E-state index is -5.50. The minimum absolute atomic E-state index is 0.103. The maximum atomic E-state index is 12.5. The summed E-state index contributed by atoms with van der Waals surface area (Å²) in [6.07, 6.45) is -15.5. The Bertz CT molecular complexity index is 624. The molecule has 0 spiro atoms. The first kappa shape index (κ1) is 28.5. The molecule has 0 aliphatic rings. The highest BCUT2D eigenvalue weighted by Crippen LogP contribution is 2.39. The second-order valence-corrected chi connectivity index (χ2v) is 6.74. The molecule has 31 heavy (non-hydrogen) atoms. The van der Waals surface area contributed by atoms with Gasteiger partial charge in [-0.05, 0) is 26.7 Å². The number of unbranched alkanes of at least 4 members (excludes halogenated alkanes) is 3. The average Bonchev–Trinajstić information content (AvgIpc) is 2.58. The van der Waals surface area contributed by atoms with E-state index in [0.29, 0.717) is 0 Å². The normalized spacial score (nSPS) is 16.0. The van der Waals surface area contributed by atoms with E-state index < -0.39 is 60.3 Å². The Balaban J connectivity index is 5.69. The number of hydrogen-bond donors (Lipinski definition) is 2. The van der Waals surface area contributed by atoms with Crippen LogP contribution in [0.3, 0.4) is 0 Å². The van der Waals surface area contributed by atoms with Gasteiger partial charge in [0.25, 0.3) is 0 Å². The minimum Gasteiger partial charge on any atom is -0.481 e. The van der Waals surface area contributed by atoms with E-state index >= 15 is 0 Å². The molecule has 14 heteroatoms. The van der Waals surface area contributed by atoms with Crippen molar-refractivity contribution in [3.63, 3.8) is 0 Å². The molecular weight excluding hydrogens is 446 g/mol. The zero-order valence-electron chi connectivity index (χ0n) is 16.5. The molecule has 0 bridgehead atoms. The summed E-state index contributed by atoms with van der Waals surface area (Å²) in [4.78, 5) is 44.7. The third-order valence-electron chi connectivity index (χ3n) is 4.61. The summed E-state index contributed by atoms with van der Waals surface area (Å²) >= 11 is 0. The van der Waals surface area contributed by atoms with Gasteiger partial charge in [-0.25, -0.2) is 9.59 Å². The number of carbonyl (C=O) groups excluding carboxylic acids is 2. The van der Waals surface area contributed by atoms with Crippen LogP contribution in [0.25, 0.3) is 0 Å². The third-order valence-corrected chi connectivity index (χ3v) is 4.61. The largest absolute Gasteiger partial charge is 0.490 e. The Kier molecular flexibility index (Phi) is 10.3. The van der Waals surface area contributed by atoms with Crippen LogP contribution in [0.15, 0.2) is 0 Å². The predicted octanol–water partition coefficient (Wildman–Crippen LogP) is 3.47. The number of halogens is 6. The predicted molar refractivity (Wildman–Crippen MR) is 88.6 cm³/mol. The van der Waals surface area contributed by atoms with Gasteiger partial charge in [-0.1, -0.05) is 19.3 Å². The average molecular weight is 468 g/mol. The smallest absolute Gasteiger partial charge is 0.481 e. The monoisotopic (exact) mass is 468 g/mol. The molecular formula is C17H22F6O8. The van der Waals surface area contributed by atoms with Crippen LogP contribution >= 0.6 is 0 Å². The van der Waals surface area contributed by atoms with E-state index in [1.807, 2.05) is 0 Å². The quantitative estimate of drug-likeness (QED) is 0.253. The van der Waals surface area contributed by atoms with E-state index in [1.165, 1.54) is 0 Å². The van der Waals surface area contributed by atoms with Crippen molar-refractivity contribution in [3.05, 3.63) is 0 Å². The molecule has 0 aromatic carbocycles. The number of carboxylic acid groups (broad SMARTS) is 2. The Labute approximate surface area is 172 Å². The lowest BCUT2D eigenvalue weighted by Gasteiger charge is -2.39. The number of esters is 2. The van der Waals surface area contributed by atoms with Gasteiger partial charge in [-0.3, -0.25) is 9.59 Å². The molecule has 0 saturated carbocycles. The first-order chi connectivity index (χ1) is 14.0. The van der Waals surface area contributed by atoms with Crippen molar-refractivity contribution in [2.75, 3.05) is 0 Å². The van der Waals surface area contributed by atoms with Crippen LogP contribution in [0.5, 0.6) is 0 Å². The maximum absolute atomic E-state index is 12.5. The first-order valence-electron chi connectivity index (χ1n) is 8.97. The van der Waals surface area contributed by atoms with Crippen LogP contribution in [0.2, 0.25) is 0 Å². The lowest BCUT2D eigenvalue weighted by atomic mass is 9.73. The Morgan fingerprint density at radius 1 is 0.742 bits per heavy atom. The van der Waals surface area contributed by atoms with Gasteiger partial charge in [0.2, 0.25) is 0 Å². The molecule has 0 rings (SSSR count). The van der Waals surface area contributed by atoms with Crippen molar-refractivity contribution in [1.82, 2.24) is 0 Å². The Morgan fingerprint density at radius 2 is 1.13 bits per heavy atom. The molecule has 0 radical (unpaired) electrons. The first-order valence-corrected chi connectivity index (χ1v) is 8.97. The fourth-order valence-corrected chi connectivity index (χ4v) is 2.90. The summed E-state index contributed by atoms with van der Waals surface area (Å²) < 4.78 is 83.4. The van der Waals surface area contributed by atoms with Crippen molar-refractivity contribution >= 4 is 23.9 Å². The summed E-state index contributed by atoms with van der Waals surface area (Å²) in [5, 5.41) is 18.2. The van der Waals surface area contributed by atoms with E-state index in [0.717, 1.165) is 13.8 Å². The van der Waals surface area contributed by atoms with Crippen molar-refractivity contribution < 1.29 is 65.2 Å². The highest BCUT2D eigenvalue weighted by atomic mass is 19.4. The molecule has 0 aromatic rings. The van der Waals surface area contributed by atoms with Crippen LogP contribution in [-0.2, 0) is 28.7 Å². The van der Waals surface area contributed by atoms with Gasteiger partial charge >= 0.3 is 36.2 Å². The van der Waals surface area contributed by atoms with Gasteiger partial charge in [0.05, 0.1) is 0 Å². The molecule has 0 heterocycles. The van der Waals surface area contributed by atoms with Crippen molar-refractivity contribution in [2.24, 2.45) is 5.41 Å². The van der Waals surface area contributed by atoms with Gasteiger partial charge in [-0.2, -0.15) is 26.3 Å². The number of carbonyl (C=O) groups is 4. The second-order valence-electron chi connectivity index (χ2n) is 6.74. The van der Waals surface area contributed by atoms with Gasteiger partial charge in [-0.15, -0.1) is 0 Å². The molecule has 0 saturated heterocycles. The molecule has 0 aliphatic heterocycles. The number of alkyl halides is 6. The summed E-state index contributed by atoms with van der Waals surface area (Å²) in [6.45, 7) is 1.47. The maximum Gasteiger partial charge on any atom is 0.490 e. The van der Waals surface area contributed by atoms with Crippen LogP contribution in [0.4, 0.5) is 26.3 Å². The Hall–Kier alpha value is -2.54. The zero-order valence-corrected chi connectivity index (χ0v) is 16.5. The lowest BCUT2D eigenvalue weighted by Crippen LogP contribution is -2.53. The van der Waals surface area contributed by atoms with E-state index in [-0.39, 0.29) is 32.1 Å². The van der Waals surface area contributed by atoms with Crippen molar-refractivity contribution in [1.29, 1.82) is 0 Å². The third kappa shape index (κ3) is 8.61. The summed E-state index contributed by atoms with van der Waals surface area (Å²) in [5.41, 5.74) is -2.63. The molecule has 2 unspecified atom stereocenters. The fraction of sp³-hybridized carbons (Fsp3) is 0.765. The molecule has 2 atom stereocenters. The molecule has 8 nitrogen and oxygen atoms in total. The van der Waals surface area contributed by atoms with Crippen molar-refractivity contribution in [2.45, 2.75) is 76.9 Å². The molecule has 0 aliphatic carbocycles. The number of ether oxygens (including phenoxy) is 2. The zero-order chi connectivity index (χ0) is 24.6. The number of carboxylic acids is 2. The number of rotatable bonds is 12. The van der Waals surface area contributed by atoms with Gasteiger partial charge in [0.1, 0.15) is 17.6 Å². The molecule has 0 fully saturated rings.